The fourth-order valence-corrected chi connectivity index (χ4v) is 3.97. The maximum atomic E-state index is 12.2. The van der Waals surface area contributed by atoms with Crippen LogP contribution in [0, 0.1) is 0 Å². The highest BCUT2D eigenvalue weighted by Crippen LogP contribution is 2.30. The van der Waals surface area contributed by atoms with Gasteiger partial charge in [0.2, 0.25) is 17.8 Å². The molecule has 0 aliphatic heterocycles. The first-order valence-corrected chi connectivity index (χ1v) is 12.0. The number of anilines is 3. The summed E-state index contributed by atoms with van der Waals surface area (Å²) in [5.74, 6) is 0.372. The summed E-state index contributed by atoms with van der Waals surface area (Å²) in [6, 6.07) is 14.6. The lowest BCUT2D eigenvalue weighted by Gasteiger charge is -2.15. The molecule has 2 aromatic carbocycles. The molecule has 10 heteroatoms. The van der Waals surface area contributed by atoms with Crippen LogP contribution in [0.25, 0.3) is 11.0 Å². The number of hydrogen-bond acceptors (Lipinski definition) is 7. The Morgan fingerprint density at radius 1 is 1.08 bits per heavy atom. The van der Waals surface area contributed by atoms with Gasteiger partial charge in [-0.2, -0.15) is 4.98 Å². The molecule has 2 aromatic heterocycles. The van der Waals surface area contributed by atoms with Crippen molar-refractivity contribution in [1.29, 1.82) is 0 Å². The van der Waals surface area contributed by atoms with Gasteiger partial charge >= 0.3 is 0 Å². The van der Waals surface area contributed by atoms with Gasteiger partial charge in [0.1, 0.15) is 11.4 Å². The molecule has 0 atom stereocenters. The van der Waals surface area contributed by atoms with Crippen LogP contribution < -0.4 is 21.1 Å². The Labute approximate surface area is 221 Å². The summed E-state index contributed by atoms with van der Waals surface area (Å²) in [7, 11) is 5.24. The fraction of sp³-hybridized carbons (Fsp3) is 0.214. The molecule has 38 heavy (non-hydrogen) atoms. The summed E-state index contributed by atoms with van der Waals surface area (Å²) in [5, 5.41) is 7.00. The van der Waals surface area contributed by atoms with E-state index in [4.69, 9.17) is 15.5 Å². The number of H-pyrrole nitrogens is 1. The highest BCUT2D eigenvalue weighted by molar-refractivity contribution is 5.94. The van der Waals surface area contributed by atoms with Crippen LogP contribution in [0.15, 0.2) is 67.9 Å². The number of nitrogens with one attached hydrogen (secondary N) is 3. The van der Waals surface area contributed by atoms with Gasteiger partial charge in [0, 0.05) is 22.8 Å². The summed E-state index contributed by atoms with van der Waals surface area (Å²) in [4.78, 5) is 38.3. The molecule has 10 nitrogen and oxygen atoms in total. The SMILES string of the molecule is C=C.COc1ccc(NC(=O)CN(C)C)cc1Nc1nc(CCc2ccccc2C(N)=O)c2cc[nH]c2n1. The number of benzene rings is 2. The molecule has 4 aromatic rings. The van der Waals surface area contributed by atoms with E-state index in [-0.39, 0.29) is 12.5 Å². The van der Waals surface area contributed by atoms with Crippen molar-refractivity contribution in [1.82, 2.24) is 19.9 Å². The number of methoxy groups -OCH3 is 1. The van der Waals surface area contributed by atoms with Crippen LogP contribution in [-0.4, -0.2) is 59.4 Å². The van der Waals surface area contributed by atoms with Gasteiger partial charge in [-0.1, -0.05) is 18.2 Å². The van der Waals surface area contributed by atoms with Gasteiger partial charge < -0.3 is 31.0 Å². The number of primary amides is 1. The number of hydrogen-bond donors (Lipinski definition) is 4. The van der Waals surface area contributed by atoms with E-state index in [1.54, 1.807) is 42.3 Å². The molecule has 0 fully saturated rings. The lowest BCUT2D eigenvalue weighted by Crippen LogP contribution is -2.27. The van der Waals surface area contributed by atoms with Crippen molar-refractivity contribution in [3.63, 3.8) is 0 Å². The average Bonchev–Trinajstić information content (AvgIpc) is 3.37. The van der Waals surface area contributed by atoms with Crippen molar-refractivity contribution >= 4 is 40.2 Å². The number of fused-ring (bicyclic) bond motifs is 1. The molecule has 198 valence electrons. The highest BCUT2D eigenvalue weighted by Gasteiger charge is 2.14. The van der Waals surface area contributed by atoms with Crippen LogP contribution in [0.2, 0.25) is 0 Å². The number of nitrogens with two attached hydrogens (primary N) is 1. The van der Waals surface area contributed by atoms with Gasteiger partial charge in [0.25, 0.3) is 0 Å². The van der Waals surface area contributed by atoms with E-state index in [2.05, 4.69) is 33.8 Å². The predicted octanol–water partition coefficient (Wildman–Crippen LogP) is 3.90. The number of amides is 2. The summed E-state index contributed by atoms with van der Waals surface area (Å²) < 4.78 is 5.50. The Hall–Kier alpha value is -4.70. The normalized spacial score (nSPS) is 10.5. The number of nitrogens with zero attached hydrogens (tertiary/aromatic N) is 3. The van der Waals surface area contributed by atoms with Crippen molar-refractivity contribution in [3.05, 3.63) is 84.7 Å². The Morgan fingerprint density at radius 2 is 1.84 bits per heavy atom. The fourth-order valence-electron chi connectivity index (χ4n) is 3.97. The molecule has 0 saturated heterocycles. The molecule has 5 N–H and O–H groups in total. The number of carbonyl (C=O) groups excluding carboxylic acids is 2. The summed E-state index contributed by atoms with van der Waals surface area (Å²) in [5.41, 5.74) is 9.64. The highest BCUT2D eigenvalue weighted by atomic mass is 16.5. The molecule has 0 aliphatic carbocycles. The molecule has 0 saturated carbocycles. The van der Waals surface area contributed by atoms with E-state index >= 15 is 0 Å². The number of rotatable bonds is 10. The number of aryl methyl sites for hydroxylation is 2. The maximum Gasteiger partial charge on any atom is 0.248 e. The number of carbonyl (C=O) groups is 2. The quantitative estimate of drug-likeness (QED) is 0.235. The zero-order chi connectivity index (χ0) is 27.7. The Bertz CT molecular complexity index is 1410. The van der Waals surface area contributed by atoms with Gasteiger partial charge in [-0.15, -0.1) is 13.2 Å². The van der Waals surface area contributed by atoms with E-state index in [1.807, 2.05) is 38.5 Å². The number of aromatic amines is 1. The summed E-state index contributed by atoms with van der Waals surface area (Å²) >= 11 is 0. The van der Waals surface area contributed by atoms with E-state index in [0.29, 0.717) is 47.1 Å². The molecular formula is C28H33N7O3. The van der Waals surface area contributed by atoms with Gasteiger partial charge in [0.05, 0.1) is 25.0 Å². The predicted molar refractivity (Wildman–Crippen MR) is 151 cm³/mol. The third-order valence-electron chi connectivity index (χ3n) is 5.60. The minimum absolute atomic E-state index is 0.126. The van der Waals surface area contributed by atoms with E-state index in [0.717, 1.165) is 16.6 Å². The molecular weight excluding hydrogens is 482 g/mol. The first-order valence-electron chi connectivity index (χ1n) is 12.0. The van der Waals surface area contributed by atoms with Crippen molar-refractivity contribution in [2.75, 3.05) is 38.4 Å². The summed E-state index contributed by atoms with van der Waals surface area (Å²) in [6.45, 7) is 6.27. The van der Waals surface area contributed by atoms with Gasteiger partial charge in [-0.25, -0.2) is 4.98 Å². The van der Waals surface area contributed by atoms with Crippen molar-refractivity contribution in [2.45, 2.75) is 12.8 Å². The minimum Gasteiger partial charge on any atom is -0.495 e. The van der Waals surface area contributed by atoms with Crippen LogP contribution in [0.1, 0.15) is 21.6 Å². The monoisotopic (exact) mass is 515 g/mol. The smallest absolute Gasteiger partial charge is 0.248 e. The van der Waals surface area contributed by atoms with Crippen molar-refractivity contribution in [2.24, 2.45) is 5.73 Å². The number of aromatic nitrogens is 3. The van der Waals surface area contributed by atoms with Crippen LogP contribution in [0.3, 0.4) is 0 Å². The third-order valence-corrected chi connectivity index (χ3v) is 5.60. The second-order valence-corrected chi connectivity index (χ2v) is 8.58. The topological polar surface area (TPSA) is 138 Å². The lowest BCUT2D eigenvalue weighted by molar-refractivity contribution is -0.116. The van der Waals surface area contributed by atoms with Crippen molar-refractivity contribution < 1.29 is 14.3 Å². The zero-order valence-electron chi connectivity index (χ0n) is 21.9. The Balaban J connectivity index is 0.00000195. The molecule has 0 radical (unpaired) electrons. The second-order valence-electron chi connectivity index (χ2n) is 8.58. The molecule has 4 rings (SSSR count). The van der Waals surface area contributed by atoms with Gasteiger partial charge in [-0.3, -0.25) is 9.59 Å². The lowest BCUT2D eigenvalue weighted by atomic mass is 10.0. The van der Waals surface area contributed by atoms with Crippen LogP contribution in [-0.2, 0) is 17.6 Å². The molecule has 0 aliphatic rings. The first kappa shape index (κ1) is 27.9. The Kier molecular flexibility index (Phi) is 9.55. The summed E-state index contributed by atoms with van der Waals surface area (Å²) in [6.07, 6.45) is 2.98. The van der Waals surface area contributed by atoms with Gasteiger partial charge in [-0.05, 0) is 62.8 Å². The van der Waals surface area contributed by atoms with Crippen LogP contribution >= 0.6 is 0 Å². The zero-order valence-corrected chi connectivity index (χ0v) is 21.9. The Morgan fingerprint density at radius 3 is 2.55 bits per heavy atom. The number of ether oxygens (including phenoxy) is 1. The van der Waals surface area contributed by atoms with Crippen LogP contribution in [0.5, 0.6) is 5.75 Å². The third kappa shape index (κ3) is 6.95. The van der Waals surface area contributed by atoms with E-state index in [9.17, 15) is 9.59 Å². The molecule has 2 heterocycles. The minimum atomic E-state index is -0.452. The number of likely N-dealkylation sites (N-methyl/N-ethyl adjacent to an activating group) is 1. The van der Waals surface area contributed by atoms with Crippen LogP contribution in [0.4, 0.5) is 17.3 Å². The molecule has 0 spiro atoms. The first-order chi connectivity index (χ1) is 18.3. The van der Waals surface area contributed by atoms with E-state index in [1.165, 1.54) is 0 Å². The van der Waals surface area contributed by atoms with Crippen molar-refractivity contribution in [3.8, 4) is 5.75 Å². The van der Waals surface area contributed by atoms with E-state index < -0.39 is 5.91 Å². The molecule has 0 bridgehead atoms. The second kappa shape index (κ2) is 13.0. The molecule has 2 amide bonds. The van der Waals surface area contributed by atoms with Gasteiger partial charge in [0.15, 0.2) is 0 Å². The molecule has 0 unspecified atom stereocenters. The standard InChI is InChI=1S/C26H29N7O3.C2H4/c1-33(2)15-23(34)29-17-9-11-22(36-3)21(14-17)31-26-30-20(19-12-13-28-25(19)32-26)10-8-16-6-4-5-7-18(16)24(27)35;1-2/h4-7,9,11-14H,8,10,15H2,1-3H3,(H2,27,35)(H,29,34)(H2,28,30,31,32);1-2H2. The maximum absolute atomic E-state index is 12.2. The average molecular weight is 516 g/mol. The largest absolute Gasteiger partial charge is 0.495 e.